The molecule has 21 heavy (non-hydrogen) atoms. The monoisotopic (exact) mass is 385 g/mol. The van der Waals surface area contributed by atoms with Crippen LogP contribution >= 0.6 is 39.1 Å². The number of nitrogens with one attached hydrogen (secondary N) is 1. The molecule has 0 amide bonds. The zero-order valence-electron chi connectivity index (χ0n) is 12.3. The van der Waals surface area contributed by atoms with Crippen molar-refractivity contribution in [1.82, 2.24) is 5.32 Å². The van der Waals surface area contributed by atoms with Crippen molar-refractivity contribution in [2.24, 2.45) is 0 Å². The molecule has 0 heterocycles. The minimum absolute atomic E-state index is 0.0352. The Morgan fingerprint density at radius 2 is 1.81 bits per heavy atom. The van der Waals surface area contributed by atoms with Gasteiger partial charge in [-0.15, -0.1) is 0 Å². The molecule has 0 spiro atoms. The Hall–Kier alpha value is -0.540. The van der Waals surface area contributed by atoms with Crippen LogP contribution in [-0.2, 0) is 0 Å². The van der Waals surface area contributed by atoms with Crippen molar-refractivity contribution >= 4 is 39.1 Å². The normalized spacial score (nSPS) is 12.5. The fraction of sp³-hybridized carbons (Fsp3) is 0.294. The first kappa shape index (κ1) is 16.8. The van der Waals surface area contributed by atoms with Crippen molar-refractivity contribution in [2.75, 3.05) is 6.54 Å². The number of rotatable bonds is 4. The predicted octanol–water partition coefficient (Wildman–Crippen LogP) is 6.07. The lowest BCUT2D eigenvalue weighted by Gasteiger charge is -2.23. The molecule has 1 atom stereocenters. The van der Waals surface area contributed by atoms with Crippen LogP contribution in [0.25, 0.3) is 0 Å². The number of hydrogen-bond donors (Lipinski definition) is 1. The largest absolute Gasteiger partial charge is 0.306 e. The van der Waals surface area contributed by atoms with Crippen molar-refractivity contribution in [2.45, 2.75) is 26.8 Å². The van der Waals surface area contributed by atoms with Gasteiger partial charge in [0.15, 0.2) is 0 Å². The van der Waals surface area contributed by atoms with E-state index in [1.807, 2.05) is 18.2 Å². The lowest BCUT2D eigenvalue weighted by Crippen LogP contribution is -2.23. The maximum atomic E-state index is 6.42. The van der Waals surface area contributed by atoms with Gasteiger partial charge in [0, 0.05) is 4.47 Å². The van der Waals surface area contributed by atoms with Crippen LogP contribution in [0.5, 0.6) is 0 Å². The highest BCUT2D eigenvalue weighted by Gasteiger charge is 2.20. The van der Waals surface area contributed by atoms with Crippen LogP contribution in [0.15, 0.2) is 34.8 Å². The van der Waals surface area contributed by atoms with Gasteiger partial charge in [-0.2, -0.15) is 0 Å². The van der Waals surface area contributed by atoms with Crippen LogP contribution in [0.3, 0.4) is 0 Å². The van der Waals surface area contributed by atoms with E-state index in [1.54, 1.807) is 0 Å². The average Bonchev–Trinajstić information content (AvgIpc) is 2.44. The molecule has 0 aliphatic carbocycles. The van der Waals surface area contributed by atoms with Gasteiger partial charge in [0.1, 0.15) is 0 Å². The first-order chi connectivity index (χ1) is 9.95. The molecule has 0 saturated heterocycles. The van der Waals surface area contributed by atoms with E-state index in [1.165, 1.54) is 16.7 Å². The summed E-state index contributed by atoms with van der Waals surface area (Å²) in [6, 6.07) is 10.2. The van der Waals surface area contributed by atoms with Crippen molar-refractivity contribution < 1.29 is 0 Å². The van der Waals surface area contributed by atoms with Gasteiger partial charge in [-0.25, -0.2) is 0 Å². The first-order valence-corrected chi connectivity index (χ1v) is 8.44. The van der Waals surface area contributed by atoms with Crippen LogP contribution < -0.4 is 5.32 Å². The lowest BCUT2D eigenvalue weighted by atomic mass is 9.93. The predicted molar refractivity (Wildman–Crippen MR) is 95.6 cm³/mol. The summed E-state index contributed by atoms with van der Waals surface area (Å²) in [5.74, 6) is 0. The highest BCUT2D eigenvalue weighted by molar-refractivity contribution is 9.10. The third kappa shape index (κ3) is 3.62. The molecule has 4 heteroatoms. The van der Waals surface area contributed by atoms with E-state index in [9.17, 15) is 0 Å². The molecule has 112 valence electrons. The van der Waals surface area contributed by atoms with Gasteiger partial charge < -0.3 is 5.32 Å². The summed E-state index contributed by atoms with van der Waals surface area (Å²) >= 11 is 16.2. The topological polar surface area (TPSA) is 12.0 Å². The summed E-state index contributed by atoms with van der Waals surface area (Å²) in [7, 11) is 0. The highest BCUT2D eigenvalue weighted by Crippen LogP contribution is 2.35. The summed E-state index contributed by atoms with van der Waals surface area (Å²) in [5.41, 5.74) is 4.66. The van der Waals surface area contributed by atoms with Gasteiger partial charge in [0.2, 0.25) is 0 Å². The Balaban J connectivity index is 2.59. The number of hydrogen-bond acceptors (Lipinski definition) is 1. The minimum atomic E-state index is 0.0352. The fourth-order valence-electron chi connectivity index (χ4n) is 2.45. The third-order valence-corrected chi connectivity index (χ3v) is 5.25. The molecule has 2 aromatic carbocycles. The second kappa shape index (κ2) is 7.15. The van der Waals surface area contributed by atoms with E-state index in [4.69, 9.17) is 23.2 Å². The molecule has 0 fully saturated rings. The third-order valence-electron chi connectivity index (χ3n) is 3.56. The van der Waals surface area contributed by atoms with Crippen LogP contribution in [-0.4, -0.2) is 6.54 Å². The fourth-order valence-corrected chi connectivity index (χ4v) is 3.32. The number of halogens is 3. The van der Waals surface area contributed by atoms with E-state index in [0.717, 1.165) is 16.6 Å². The van der Waals surface area contributed by atoms with E-state index >= 15 is 0 Å². The van der Waals surface area contributed by atoms with Gasteiger partial charge in [0.25, 0.3) is 0 Å². The SMILES string of the molecule is CCNC(c1cc(C)c(Br)cc1C)c1cccc(Cl)c1Cl. The maximum absolute atomic E-state index is 6.42. The van der Waals surface area contributed by atoms with Crippen molar-refractivity contribution in [3.8, 4) is 0 Å². The minimum Gasteiger partial charge on any atom is -0.306 e. The summed E-state index contributed by atoms with van der Waals surface area (Å²) in [6.07, 6.45) is 0. The van der Waals surface area contributed by atoms with Crippen LogP contribution in [0.1, 0.15) is 35.2 Å². The molecule has 0 aromatic heterocycles. The van der Waals surface area contributed by atoms with Crippen molar-refractivity contribution in [1.29, 1.82) is 0 Å². The van der Waals surface area contributed by atoms with Crippen LogP contribution in [0.4, 0.5) is 0 Å². The molecule has 0 bridgehead atoms. The number of aryl methyl sites for hydroxylation is 2. The Labute approximate surface area is 144 Å². The molecule has 1 nitrogen and oxygen atoms in total. The zero-order valence-corrected chi connectivity index (χ0v) is 15.4. The summed E-state index contributed by atoms with van der Waals surface area (Å²) in [5, 5.41) is 4.71. The zero-order chi connectivity index (χ0) is 15.6. The van der Waals surface area contributed by atoms with Gasteiger partial charge >= 0.3 is 0 Å². The second-order valence-corrected chi connectivity index (χ2v) is 6.73. The summed E-state index contributed by atoms with van der Waals surface area (Å²) in [4.78, 5) is 0. The molecule has 0 aliphatic rings. The molecule has 1 N–H and O–H groups in total. The van der Waals surface area contributed by atoms with Crippen LogP contribution in [0, 0.1) is 13.8 Å². The van der Waals surface area contributed by atoms with Crippen molar-refractivity contribution in [3.05, 3.63) is 67.1 Å². The van der Waals surface area contributed by atoms with Gasteiger partial charge in [-0.05, 0) is 54.8 Å². The quantitative estimate of drug-likeness (QED) is 0.672. The standard InChI is InChI=1S/C17H18BrCl2N/c1-4-21-17(12-6-5-7-15(19)16(12)20)13-8-11(3)14(18)9-10(13)2/h5-9,17,21H,4H2,1-3H3. The van der Waals surface area contributed by atoms with Crippen LogP contribution in [0.2, 0.25) is 10.0 Å². The molecule has 2 aromatic rings. The van der Waals surface area contributed by atoms with Crippen molar-refractivity contribution in [3.63, 3.8) is 0 Å². The van der Waals surface area contributed by atoms with E-state index in [-0.39, 0.29) is 6.04 Å². The van der Waals surface area contributed by atoms with E-state index in [0.29, 0.717) is 10.0 Å². The highest BCUT2D eigenvalue weighted by atomic mass is 79.9. The van der Waals surface area contributed by atoms with Gasteiger partial charge in [0.05, 0.1) is 16.1 Å². The molecule has 0 aliphatic heterocycles. The summed E-state index contributed by atoms with van der Waals surface area (Å²) in [6.45, 7) is 7.15. The Morgan fingerprint density at radius 1 is 1.10 bits per heavy atom. The maximum Gasteiger partial charge on any atom is 0.0643 e. The molecule has 0 saturated carbocycles. The lowest BCUT2D eigenvalue weighted by molar-refractivity contribution is 0.627. The van der Waals surface area contributed by atoms with E-state index < -0.39 is 0 Å². The second-order valence-electron chi connectivity index (χ2n) is 5.09. The molecule has 0 radical (unpaired) electrons. The Kier molecular flexibility index (Phi) is 5.73. The van der Waals surface area contributed by atoms with Gasteiger partial charge in [-0.1, -0.05) is 64.3 Å². The molecule has 1 unspecified atom stereocenters. The molecule has 2 rings (SSSR count). The average molecular weight is 387 g/mol. The molecular weight excluding hydrogens is 369 g/mol. The van der Waals surface area contributed by atoms with Gasteiger partial charge in [-0.3, -0.25) is 0 Å². The summed E-state index contributed by atoms with van der Waals surface area (Å²) < 4.78 is 1.12. The Bertz CT molecular complexity index is 655. The first-order valence-electron chi connectivity index (χ1n) is 6.89. The molecular formula is C17H18BrCl2N. The van der Waals surface area contributed by atoms with E-state index in [2.05, 4.69) is 54.2 Å². The number of benzene rings is 2. The Morgan fingerprint density at radius 3 is 2.48 bits per heavy atom. The smallest absolute Gasteiger partial charge is 0.0643 e.